The second kappa shape index (κ2) is 6.09. The van der Waals surface area contributed by atoms with Crippen molar-refractivity contribution in [2.45, 2.75) is 12.5 Å². The highest BCUT2D eigenvalue weighted by molar-refractivity contribution is 9.10. The van der Waals surface area contributed by atoms with Crippen molar-refractivity contribution in [1.29, 1.82) is 0 Å². The van der Waals surface area contributed by atoms with Crippen molar-refractivity contribution >= 4 is 21.9 Å². The summed E-state index contributed by atoms with van der Waals surface area (Å²) in [5, 5.41) is 8.84. The topological polar surface area (TPSA) is 49.8 Å². The van der Waals surface area contributed by atoms with Gasteiger partial charge in [0.15, 0.2) is 0 Å². The summed E-state index contributed by atoms with van der Waals surface area (Å²) in [6.07, 6.45) is 5.98. The fraction of sp³-hybridized carbons (Fsp3) is 0.357. The Morgan fingerprint density at radius 1 is 1.63 bits per heavy atom. The molecule has 0 spiro atoms. The maximum absolute atomic E-state index is 10.8. The van der Waals surface area contributed by atoms with Gasteiger partial charge in [0.1, 0.15) is 11.9 Å². The Balaban J connectivity index is 1.98. The van der Waals surface area contributed by atoms with Gasteiger partial charge in [-0.25, -0.2) is 0 Å². The molecule has 5 heteroatoms. The quantitative estimate of drug-likeness (QED) is 0.839. The van der Waals surface area contributed by atoms with Crippen LogP contribution < -0.4 is 4.74 Å². The molecule has 1 heterocycles. The molecule has 1 unspecified atom stereocenters. The van der Waals surface area contributed by atoms with Crippen LogP contribution in [0.15, 0.2) is 22.7 Å². The SMILES string of the molecule is C#CCN(CC(=O)O)CC1Cc2cc(Br)ccc2O1. The van der Waals surface area contributed by atoms with Crippen molar-refractivity contribution in [2.24, 2.45) is 0 Å². The first-order chi connectivity index (χ1) is 9.08. The number of hydrogen-bond acceptors (Lipinski definition) is 3. The Morgan fingerprint density at radius 3 is 3.11 bits per heavy atom. The van der Waals surface area contributed by atoms with Crippen LogP contribution in [-0.4, -0.2) is 41.7 Å². The van der Waals surface area contributed by atoms with E-state index in [9.17, 15) is 4.79 Å². The number of halogens is 1. The van der Waals surface area contributed by atoms with Crippen LogP contribution >= 0.6 is 15.9 Å². The van der Waals surface area contributed by atoms with Crippen LogP contribution in [0.2, 0.25) is 0 Å². The highest BCUT2D eigenvalue weighted by Crippen LogP contribution is 2.31. The number of nitrogens with zero attached hydrogens (tertiary/aromatic N) is 1. The van der Waals surface area contributed by atoms with E-state index in [-0.39, 0.29) is 12.6 Å². The number of carbonyl (C=O) groups is 1. The first kappa shape index (κ1) is 13.9. The Kier molecular flexibility index (Phi) is 4.46. The maximum Gasteiger partial charge on any atom is 0.317 e. The monoisotopic (exact) mass is 323 g/mol. The summed E-state index contributed by atoms with van der Waals surface area (Å²) in [5.41, 5.74) is 1.13. The lowest BCUT2D eigenvalue weighted by Gasteiger charge is -2.21. The second-order valence-corrected chi connectivity index (χ2v) is 5.38. The highest BCUT2D eigenvalue weighted by atomic mass is 79.9. The van der Waals surface area contributed by atoms with Crippen LogP contribution in [0.25, 0.3) is 0 Å². The van der Waals surface area contributed by atoms with Crippen molar-refractivity contribution in [3.8, 4) is 18.1 Å². The molecule has 0 aliphatic carbocycles. The smallest absolute Gasteiger partial charge is 0.317 e. The largest absolute Gasteiger partial charge is 0.488 e. The molecule has 2 rings (SSSR count). The van der Waals surface area contributed by atoms with E-state index in [4.69, 9.17) is 16.3 Å². The van der Waals surface area contributed by atoms with Crippen LogP contribution in [0.5, 0.6) is 5.75 Å². The fourth-order valence-electron chi connectivity index (χ4n) is 2.18. The highest BCUT2D eigenvalue weighted by Gasteiger charge is 2.25. The van der Waals surface area contributed by atoms with E-state index in [1.807, 2.05) is 18.2 Å². The molecule has 1 aliphatic heterocycles. The van der Waals surface area contributed by atoms with Crippen LogP contribution in [-0.2, 0) is 11.2 Å². The standard InChI is InChI=1S/C14H14BrNO3/c1-2-5-16(9-14(17)18)8-12-7-10-6-11(15)3-4-13(10)19-12/h1,3-4,6,12H,5,7-9H2,(H,17,18). The number of benzene rings is 1. The van der Waals surface area contributed by atoms with Crippen molar-refractivity contribution < 1.29 is 14.6 Å². The summed E-state index contributed by atoms with van der Waals surface area (Å²) in [5.74, 6) is 2.46. The minimum absolute atomic E-state index is 0.0444. The van der Waals surface area contributed by atoms with Gasteiger partial charge in [-0.2, -0.15) is 0 Å². The van der Waals surface area contributed by atoms with Gasteiger partial charge in [-0.15, -0.1) is 6.42 Å². The van der Waals surface area contributed by atoms with E-state index in [1.165, 1.54) is 0 Å². The van der Waals surface area contributed by atoms with E-state index in [0.717, 1.165) is 22.2 Å². The van der Waals surface area contributed by atoms with Crippen molar-refractivity contribution in [2.75, 3.05) is 19.6 Å². The zero-order valence-electron chi connectivity index (χ0n) is 10.3. The van der Waals surface area contributed by atoms with Gasteiger partial charge in [0.25, 0.3) is 0 Å². The molecule has 19 heavy (non-hydrogen) atoms. The average molecular weight is 324 g/mol. The predicted molar refractivity (Wildman–Crippen MR) is 75.2 cm³/mol. The third-order valence-electron chi connectivity index (χ3n) is 2.90. The second-order valence-electron chi connectivity index (χ2n) is 4.46. The third kappa shape index (κ3) is 3.72. The molecular weight excluding hydrogens is 310 g/mol. The molecule has 1 N–H and O–H groups in total. The van der Waals surface area contributed by atoms with Crippen molar-refractivity contribution in [1.82, 2.24) is 4.90 Å². The van der Waals surface area contributed by atoms with Gasteiger partial charge >= 0.3 is 5.97 Å². The van der Waals surface area contributed by atoms with E-state index in [1.54, 1.807) is 4.90 Å². The molecule has 1 aromatic carbocycles. The Bertz CT molecular complexity index is 524. The van der Waals surface area contributed by atoms with E-state index in [0.29, 0.717) is 13.1 Å². The van der Waals surface area contributed by atoms with E-state index < -0.39 is 5.97 Å². The number of hydrogen-bond donors (Lipinski definition) is 1. The molecule has 1 atom stereocenters. The lowest BCUT2D eigenvalue weighted by molar-refractivity contribution is -0.138. The van der Waals surface area contributed by atoms with Crippen LogP contribution in [0.3, 0.4) is 0 Å². The third-order valence-corrected chi connectivity index (χ3v) is 3.39. The van der Waals surface area contributed by atoms with Gasteiger partial charge in [0.2, 0.25) is 0 Å². The van der Waals surface area contributed by atoms with Gasteiger partial charge in [-0.1, -0.05) is 21.9 Å². The first-order valence-electron chi connectivity index (χ1n) is 5.91. The number of carboxylic acid groups (broad SMARTS) is 1. The Morgan fingerprint density at radius 2 is 2.42 bits per heavy atom. The minimum atomic E-state index is -0.881. The lowest BCUT2D eigenvalue weighted by Crippen LogP contribution is -2.38. The molecule has 100 valence electrons. The maximum atomic E-state index is 10.8. The molecule has 0 saturated carbocycles. The molecule has 0 aromatic heterocycles. The van der Waals surface area contributed by atoms with Crippen LogP contribution in [0, 0.1) is 12.3 Å². The number of terminal acetylenes is 1. The molecule has 0 amide bonds. The normalized spacial score (nSPS) is 16.8. The molecule has 0 radical (unpaired) electrons. The summed E-state index contributed by atoms with van der Waals surface area (Å²) in [6, 6.07) is 5.87. The number of fused-ring (bicyclic) bond motifs is 1. The number of carboxylic acids is 1. The summed E-state index contributed by atoms with van der Waals surface area (Å²) in [7, 11) is 0. The molecule has 1 aromatic rings. The van der Waals surface area contributed by atoms with Gasteiger partial charge in [0, 0.05) is 17.4 Å². The Hall–Kier alpha value is -1.51. The number of ether oxygens (including phenoxy) is 1. The fourth-order valence-corrected chi connectivity index (χ4v) is 2.59. The molecular formula is C14H14BrNO3. The van der Waals surface area contributed by atoms with Crippen molar-refractivity contribution in [3.63, 3.8) is 0 Å². The molecule has 4 nitrogen and oxygen atoms in total. The lowest BCUT2D eigenvalue weighted by atomic mass is 10.1. The van der Waals surface area contributed by atoms with E-state index >= 15 is 0 Å². The molecule has 0 fully saturated rings. The minimum Gasteiger partial charge on any atom is -0.488 e. The molecule has 1 aliphatic rings. The Labute approximate surface area is 120 Å². The van der Waals surface area contributed by atoms with Gasteiger partial charge in [-0.05, 0) is 23.8 Å². The van der Waals surface area contributed by atoms with E-state index in [2.05, 4.69) is 21.9 Å². The number of rotatable bonds is 5. The summed E-state index contributed by atoms with van der Waals surface area (Å²) in [6.45, 7) is 0.763. The van der Waals surface area contributed by atoms with Crippen molar-refractivity contribution in [3.05, 3.63) is 28.2 Å². The first-order valence-corrected chi connectivity index (χ1v) is 6.70. The summed E-state index contributed by atoms with van der Waals surface area (Å²) >= 11 is 3.42. The van der Waals surface area contributed by atoms with Gasteiger partial charge < -0.3 is 9.84 Å². The summed E-state index contributed by atoms with van der Waals surface area (Å²) < 4.78 is 6.81. The summed E-state index contributed by atoms with van der Waals surface area (Å²) in [4.78, 5) is 12.5. The van der Waals surface area contributed by atoms with Crippen LogP contribution in [0.1, 0.15) is 5.56 Å². The zero-order chi connectivity index (χ0) is 13.8. The van der Waals surface area contributed by atoms with Gasteiger partial charge in [-0.3, -0.25) is 9.69 Å². The zero-order valence-corrected chi connectivity index (χ0v) is 11.9. The molecule has 0 bridgehead atoms. The molecule has 0 saturated heterocycles. The van der Waals surface area contributed by atoms with Crippen LogP contribution in [0.4, 0.5) is 0 Å². The predicted octanol–water partition coefficient (Wildman–Crippen LogP) is 1.77. The van der Waals surface area contributed by atoms with Gasteiger partial charge in [0.05, 0.1) is 13.1 Å². The number of aliphatic carboxylic acids is 1. The average Bonchev–Trinajstić information content (AvgIpc) is 2.69.